The summed E-state index contributed by atoms with van der Waals surface area (Å²) in [5.41, 5.74) is 0.716. The smallest absolute Gasteiger partial charge is 0.340 e. The van der Waals surface area contributed by atoms with Crippen molar-refractivity contribution >= 4 is 32.8 Å². The van der Waals surface area contributed by atoms with Crippen LogP contribution in [0.15, 0.2) is 58.2 Å². The monoisotopic (exact) mass is 559 g/mol. The lowest BCUT2D eigenvalue weighted by molar-refractivity contribution is -0.141. The van der Waals surface area contributed by atoms with Crippen molar-refractivity contribution in [2.24, 2.45) is 0 Å². The molecule has 1 aromatic carbocycles. The number of aromatic nitrogens is 6. The van der Waals surface area contributed by atoms with Gasteiger partial charge in [0, 0.05) is 35.4 Å². The molecule has 0 unspecified atom stereocenters. The van der Waals surface area contributed by atoms with Gasteiger partial charge in [-0.1, -0.05) is 10.2 Å². The van der Waals surface area contributed by atoms with Gasteiger partial charge in [0.25, 0.3) is 15.7 Å². The lowest BCUT2D eigenvalue weighted by Gasteiger charge is -2.12. The predicted molar refractivity (Wildman–Crippen MR) is 135 cm³/mol. The maximum atomic E-state index is 13.3. The van der Waals surface area contributed by atoms with Gasteiger partial charge in [-0.2, -0.15) is 23.3 Å². The molecule has 4 heterocycles. The standard InChI is InChI=1S/C24H20F3N7O4S/c1-4-39(36,37)34-22(35)17-10-15(11-28-21(17)38-34)18-12-29-23(30-16-8-13(2)7-14(3)9-16)31-20(18)33-6-5-19(32-33)24(25,26)27/h5-12H,4H2,1-3H3,(H,29,30,31). The maximum Gasteiger partial charge on any atom is 0.435 e. The number of hydrogen-bond acceptors (Lipinski definition) is 9. The van der Waals surface area contributed by atoms with Crippen molar-refractivity contribution in [2.45, 2.75) is 26.9 Å². The van der Waals surface area contributed by atoms with Crippen LogP contribution in [-0.4, -0.2) is 43.0 Å². The highest BCUT2D eigenvalue weighted by Crippen LogP contribution is 2.31. The number of aryl methyl sites for hydroxylation is 2. The second-order valence-corrected chi connectivity index (χ2v) is 10.7. The average molecular weight is 560 g/mol. The number of alkyl halides is 3. The first-order valence-corrected chi connectivity index (χ1v) is 13.1. The van der Waals surface area contributed by atoms with E-state index in [0.717, 1.165) is 28.1 Å². The Morgan fingerprint density at radius 1 is 1.05 bits per heavy atom. The zero-order valence-electron chi connectivity index (χ0n) is 20.7. The second-order valence-electron chi connectivity index (χ2n) is 8.68. The van der Waals surface area contributed by atoms with Crippen LogP contribution in [0.25, 0.3) is 28.0 Å². The molecule has 15 heteroatoms. The van der Waals surface area contributed by atoms with E-state index in [9.17, 15) is 26.4 Å². The van der Waals surface area contributed by atoms with Crippen LogP contribution in [0, 0.1) is 13.8 Å². The fourth-order valence-corrected chi connectivity index (χ4v) is 4.69. The number of hydrogen-bond donors (Lipinski definition) is 1. The van der Waals surface area contributed by atoms with Gasteiger partial charge in [0.1, 0.15) is 5.39 Å². The molecule has 0 radical (unpaired) electrons. The fourth-order valence-electron chi connectivity index (χ4n) is 3.92. The number of nitrogens with zero attached hydrogens (tertiary/aromatic N) is 6. The second kappa shape index (κ2) is 9.34. The maximum absolute atomic E-state index is 13.3. The predicted octanol–water partition coefficient (Wildman–Crippen LogP) is 4.21. The third-order valence-electron chi connectivity index (χ3n) is 5.69. The van der Waals surface area contributed by atoms with Crippen LogP contribution in [-0.2, 0) is 16.2 Å². The Morgan fingerprint density at radius 3 is 2.41 bits per heavy atom. The van der Waals surface area contributed by atoms with Crippen LogP contribution in [0.4, 0.5) is 24.8 Å². The molecule has 0 amide bonds. The van der Waals surface area contributed by atoms with Crippen LogP contribution >= 0.6 is 0 Å². The summed E-state index contributed by atoms with van der Waals surface area (Å²) in [6, 6.07) is 7.79. The highest BCUT2D eigenvalue weighted by atomic mass is 32.2. The van der Waals surface area contributed by atoms with E-state index in [1.807, 2.05) is 32.0 Å². The van der Waals surface area contributed by atoms with Crippen molar-refractivity contribution in [1.29, 1.82) is 0 Å². The zero-order valence-corrected chi connectivity index (χ0v) is 21.5. The van der Waals surface area contributed by atoms with E-state index in [1.165, 1.54) is 25.4 Å². The van der Waals surface area contributed by atoms with Crippen LogP contribution in [0.1, 0.15) is 23.7 Å². The number of rotatable bonds is 6. The first kappa shape index (κ1) is 26.1. The molecule has 0 saturated carbocycles. The number of fused-ring (bicyclic) bond motifs is 1. The minimum atomic E-state index is -4.69. The molecule has 0 atom stereocenters. The molecule has 0 aliphatic rings. The van der Waals surface area contributed by atoms with Gasteiger partial charge >= 0.3 is 11.7 Å². The summed E-state index contributed by atoms with van der Waals surface area (Å²) < 4.78 is 70.6. The summed E-state index contributed by atoms with van der Waals surface area (Å²) in [7, 11) is -4.03. The topological polar surface area (TPSA) is 138 Å². The largest absolute Gasteiger partial charge is 0.435 e. The molecule has 0 saturated heterocycles. The lowest BCUT2D eigenvalue weighted by Crippen LogP contribution is -2.24. The molecule has 4 aromatic heterocycles. The zero-order chi connectivity index (χ0) is 28.1. The Balaban J connectivity index is 1.66. The van der Waals surface area contributed by atoms with Crippen LogP contribution in [0.2, 0.25) is 0 Å². The van der Waals surface area contributed by atoms with E-state index >= 15 is 0 Å². The Bertz CT molecular complexity index is 1870. The Kier molecular flexibility index (Phi) is 6.25. The quantitative estimate of drug-likeness (QED) is 0.324. The van der Waals surface area contributed by atoms with Crippen molar-refractivity contribution in [3.63, 3.8) is 0 Å². The van der Waals surface area contributed by atoms with Crippen LogP contribution < -0.4 is 10.9 Å². The average Bonchev–Trinajstić information content (AvgIpc) is 3.49. The van der Waals surface area contributed by atoms with Crippen LogP contribution in [0.5, 0.6) is 0 Å². The normalized spacial score (nSPS) is 12.3. The molecular formula is C24H20F3N7O4S. The van der Waals surface area contributed by atoms with Gasteiger partial charge in [-0.25, -0.2) is 23.1 Å². The van der Waals surface area contributed by atoms with Gasteiger partial charge in [0.2, 0.25) is 5.95 Å². The highest BCUT2D eigenvalue weighted by molar-refractivity contribution is 7.89. The van der Waals surface area contributed by atoms with Gasteiger partial charge in [-0.05, 0) is 56.2 Å². The van der Waals surface area contributed by atoms with E-state index in [0.29, 0.717) is 5.69 Å². The van der Waals surface area contributed by atoms with Crippen molar-refractivity contribution in [3.8, 4) is 16.9 Å². The van der Waals surface area contributed by atoms with Crippen molar-refractivity contribution in [2.75, 3.05) is 11.1 Å². The van der Waals surface area contributed by atoms with Crippen molar-refractivity contribution in [1.82, 2.24) is 28.9 Å². The summed E-state index contributed by atoms with van der Waals surface area (Å²) >= 11 is 0. The molecule has 0 aliphatic heterocycles. The molecule has 0 spiro atoms. The Morgan fingerprint density at radius 2 is 1.77 bits per heavy atom. The number of halogens is 3. The molecule has 0 fully saturated rings. The molecule has 0 aliphatic carbocycles. The van der Waals surface area contributed by atoms with Gasteiger partial charge < -0.3 is 9.84 Å². The number of benzene rings is 1. The highest BCUT2D eigenvalue weighted by Gasteiger charge is 2.34. The van der Waals surface area contributed by atoms with E-state index in [4.69, 9.17) is 4.52 Å². The summed E-state index contributed by atoms with van der Waals surface area (Å²) in [4.78, 5) is 25.5. The molecule has 11 nitrogen and oxygen atoms in total. The molecule has 0 bridgehead atoms. The van der Waals surface area contributed by atoms with Crippen molar-refractivity contribution in [3.05, 3.63) is 76.1 Å². The summed E-state index contributed by atoms with van der Waals surface area (Å²) in [5.74, 6) is -0.345. The SMILES string of the molecule is CCS(=O)(=O)n1oc2ncc(-c3cnc(Nc4cc(C)cc(C)c4)nc3-n3ccc(C(F)(F)F)n3)cc2c1=O. The molecular weight excluding hydrogens is 539 g/mol. The molecule has 5 aromatic rings. The number of pyridine rings is 1. The molecule has 5 rings (SSSR count). The summed E-state index contributed by atoms with van der Waals surface area (Å²) in [6.45, 7) is 5.17. The molecule has 39 heavy (non-hydrogen) atoms. The molecule has 202 valence electrons. The van der Waals surface area contributed by atoms with E-state index in [1.54, 1.807) is 0 Å². The third-order valence-corrected chi connectivity index (χ3v) is 7.16. The third kappa shape index (κ3) is 4.99. The fraction of sp³-hybridized carbons (Fsp3) is 0.208. The number of nitrogens with one attached hydrogen (secondary N) is 1. The van der Waals surface area contributed by atoms with E-state index < -0.39 is 27.5 Å². The summed E-state index contributed by atoms with van der Waals surface area (Å²) in [6.07, 6.45) is -0.986. The first-order chi connectivity index (χ1) is 18.4. The lowest BCUT2D eigenvalue weighted by atomic mass is 10.1. The van der Waals surface area contributed by atoms with E-state index in [2.05, 4.69) is 25.4 Å². The van der Waals surface area contributed by atoms with Gasteiger partial charge in [0.05, 0.1) is 5.75 Å². The Labute approximate surface area is 219 Å². The van der Waals surface area contributed by atoms with Crippen LogP contribution in [0.3, 0.4) is 0 Å². The Hall–Kier alpha value is -4.53. The first-order valence-electron chi connectivity index (χ1n) is 11.5. The number of anilines is 2. The summed E-state index contributed by atoms with van der Waals surface area (Å²) in [5, 5.41) is 6.52. The van der Waals surface area contributed by atoms with Crippen molar-refractivity contribution < 1.29 is 26.1 Å². The van der Waals surface area contributed by atoms with Gasteiger partial charge in [-0.15, -0.1) is 0 Å². The van der Waals surface area contributed by atoms with E-state index in [-0.39, 0.29) is 43.9 Å². The molecule has 1 N–H and O–H groups in total. The minimum Gasteiger partial charge on any atom is -0.340 e. The van der Waals surface area contributed by atoms with Gasteiger partial charge in [0.15, 0.2) is 11.5 Å². The minimum absolute atomic E-state index is 0.0430. The van der Waals surface area contributed by atoms with Gasteiger partial charge in [-0.3, -0.25) is 4.79 Å².